The van der Waals surface area contributed by atoms with Crippen molar-refractivity contribution < 1.29 is 8.42 Å². The monoisotopic (exact) mass is 294 g/mol. The molecule has 0 aliphatic carbocycles. The zero-order valence-electron chi connectivity index (χ0n) is 11.6. The van der Waals surface area contributed by atoms with E-state index in [-0.39, 0.29) is 5.75 Å². The summed E-state index contributed by atoms with van der Waals surface area (Å²) in [5, 5.41) is 11.0. The van der Waals surface area contributed by atoms with Crippen LogP contribution >= 0.6 is 0 Å². The molecule has 1 N–H and O–H groups in total. The third-order valence-corrected chi connectivity index (χ3v) is 4.83. The van der Waals surface area contributed by atoms with Gasteiger partial charge in [-0.1, -0.05) is 6.92 Å². The van der Waals surface area contributed by atoms with Crippen LogP contribution < -0.4 is 5.32 Å². The molecule has 0 bridgehead atoms. The molecule has 0 unspecified atom stereocenters. The fourth-order valence-electron chi connectivity index (χ4n) is 1.80. The average Bonchev–Trinajstić information content (AvgIpc) is 2.85. The highest BCUT2D eigenvalue weighted by atomic mass is 32.2. The molecule has 0 amide bonds. The summed E-state index contributed by atoms with van der Waals surface area (Å²) in [6.07, 6.45) is 2.42. The summed E-state index contributed by atoms with van der Waals surface area (Å²) in [7, 11) is -1.22. The van der Waals surface area contributed by atoms with Gasteiger partial charge in [0.05, 0.1) is 10.6 Å². The fraction of sp³-hybridized carbons (Fsp3) is 0.385. The van der Waals surface area contributed by atoms with Crippen molar-refractivity contribution in [3.05, 3.63) is 36.4 Å². The summed E-state index contributed by atoms with van der Waals surface area (Å²) in [5.41, 5.74) is 0.891. The molecule has 6 nitrogen and oxygen atoms in total. The van der Waals surface area contributed by atoms with Crippen LogP contribution in [0.25, 0.3) is 0 Å². The fourth-order valence-corrected chi connectivity index (χ4v) is 2.68. The molecule has 0 atom stereocenters. The third kappa shape index (κ3) is 3.36. The van der Waals surface area contributed by atoms with Crippen LogP contribution in [-0.4, -0.2) is 35.5 Å². The lowest BCUT2D eigenvalue weighted by Crippen LogP contribution is -2.09. The van der Waals surface area contributed by atoms with Crippen LogP contribution in [0.4, 0.5) is 5.69 Å². The van der Waals surface area contributed by atoms with Crippen LogP contribution in [0.2, 0.25) is 0 Å². The lowest BCUT2D eigenvalue weighted by molar-refractivity contribution is 0.597. The van der Waals surface area contributed by atoms with Crippen LogP contribution in [0.5, 0.6) is 0 Å². The number of hydrogen-bond donors (Lipinski definition) is 1. The third-order valence-electron chi connectivity index (χ3n) is 3.08. The predicted molar refractivity (Wildman–Crippen MR) is 77.4 cm³/mol. The lowest BCUT2D eigenvalue weighted by atomic mass is 10.3. The van der Waals surface area contributed by atoms with E-state index in [9.17, 15) is 8.42 Å². The van der Waals surface area contributed by atoms with Crippen LogP contribution in [0.15, 0.2) is 35.5 Å². The Labute approximate surface area is 118 Å². The van der Waals surface area contributed by atoms with Gasteiger partial charge in [-0.15, -0.1) is 10.2 Å². The molecular formula is C13H18N4O2S. The van der Waals surface area contributed by atoms with Crippen molar-refractivity contribution in [2.45, 2.75) is 18.2 Å². The van der Waals surface area contributed by atoms with Crippen LogP contribution in [-0.2, 0) is 23.3 Å². The Morgan fingerprint density at radius 3 is 2.50 bits per heavy atom. The Kier molecular flexibility index (Phi) is 4.39. The van der Waals surface area contributed by atoms with E-state index < -0.39 is 9.84 Å². The van der Waals surface area contributed by atoms with Crippen LogP contribution in [0, 0.1) is 0 Å². The van der Waals surface area contributed by atoms with Crippen molar-refractivity contribution in [1.82, 2.24) is 14.8 Å². The molecule has 0 saturated heterocycles. The van der Waals surface area contributed by atoms with Crippen LogP contribution in [0.1, 0.15) is 12.7 Å². The van der Waals surface area contributed by atoms with E-state index in [0.29, 0.717) is 11.4 Å². The minimum atomic E-state index is -3.13. The van der Waals surface area contributed by atoms with Crippen molar-refractivity contribution in [2.75, 3.05) is 17.6 Å². The quantitative estimate of drug-likeness (QED) is 0.868. The smallest absolute Gasteiger partial charge is 0.178 e. The zero-order valence-corrected chi connectivity index (χ0v) is 12.4. The normalized spacial score (nSPS) is 11.5. The molecule has 2 aromatic rings. The second-order valence-electron chi connectivity index (χ2n) is 4.46. The topological polar surface area (TPSA) is 76.9 Å². The number of benzene rings is 1. The molecule has 0 fully saturated rings. The first-order valence-corrected chi connectivity index (χ1v) is 8.07. The maximum absolute atomic E-state index is 11.7. The summed E-state index contributed by atoms with van der Waals surface area (Å²) in [6.45, 7) is 2.36. The van der Waals surface area contributed by atoms with Gasteiger partial charge in [-0.05, 0) is 24.3 Å². The van der Waals surface area contributed by atoms with Gasteiger partial charge < -0.3 is 9.88 Å². The first kappa shape index (κ1) is 14.5. The molecule has 7 heteroatoms. The molecule has 0 aliphatic heterocycles. The van der Waals surface area contributed by atoms with Gasteiger partial charge in [0.15, 0.2) is 9.84 Å². The number of anilines is 1. The van der Waals surface area contributed by atoms with Gasteiger partial charge in [0.2, 0.25) is 0 Å². The second kappa shape index (κ2) is 6.04. The number of aryl methyl sites for hydroxylation is 1. The van der Waals surface area contributed by atoms with E-state index in [1.54, 1.807) is 37.5 Å². The predicted octanol–water partition coefficient (Wildman–Crippen LogP) is 1.26. The molecule has 0 spiro atoms. The van der Waals surface area contributed by atoms with Gasteiger partial charge in [-0.25, -0.2) is 8.42 Å². The van der Waals surface area contributed by atoms with Crippen molar-refractivity contribution >= 4 is 15.5 Å². The van der Waals surface area contributed by atoms with Crippen molar-refractivity contribution in [3.63, 3.8) is 0 Å². The summed E-state index contributed by atoms with van der Waals surface area (Å²) in [5.74, 6) is 1.02. The SMILES string of the molecule is CCS(=O)(=O)c1ccc(NCCc2nncn2C)cc1. The molecule has 0 radical (unpaired) electrons. The van der Waals surface area contributed by atoms with Crippen molar-refractivity contribution in [2.24, 2.45) is 7.05 Å². The number of aromatic nitrogens is 3. The summed E-state index contributed by atoms with van der Waals surface area (Å²) in [4.78, 5) is 0.360. The Balaban J connectivity index is 1.93. The highest BCUT2D eigenvalue weighted by molar-refractivity contribution is 7.91. The summed E-state index contributed by atoms with van der Waals surface area (Å²) >= 11 is 0. The van der Waals surface area contributed by atoms with E-state index in [1.807, 2.05) is 11.6 Å². The largest absolute Gasteiger partial charge is 0.385 e. The Morgan fingerprint density at radius 2 is 1.95 bits per heavy atom. The maximum Gasteiger partial charge on any atom is 0.178 e. The number of nitrogens with one attached hydrogen (secondary N) is 1. The summed E-state index contributed by atoms with van der Waals surface area (Å²) < 4.78 is 25.2. The Bertz CT molecular complexity index is 662. The molecular weight excluding hydrogens is 276 g/mol. The van der Waals surface area contributed by atoms with Gasteiger partial charge in [0, 0.05) is 25.7 Å². The number of rotatable bonds is 6. The van der Waals surface area contributed by atoms with Gasteiger partial charge in [-0.2, -0.15) is 0 Å². The van der Waals surface area contributed by atoms with Crippen LogP contribution in [0.3, 0.4) is 0 Å². The molecule has 2 rings (SSSR count). The Morgan fingerprint density at radius 1 is 1.25 bits per heavy atom. The molecule has 0 aliphatic rings. The Hall–Kier alpha value is -1.89. The summed E-state index contributed by atoms with van der Waals surface area (Å²) in [6, 6.07) is 6.81. The molecule has 0 saturated carbocycles. The van der Waals surface area contributed by atoms with E-state index in [4.69, 9.17) is 0 Å². The van der Waals surface area contributed by atoms with E-state index in [1.165, 1.54) is 0 Å². The van der Waals surface area contributed by atoms with Crippen molar-refractivity contribution in [1.29, 1.82) is 0 Å². The minimum Gasteiger partial charge on any atom is -0.385 e. The number of hydrogen-bond acceptors (Lipinski definition) is 5. The highest BCUT2D eigenvalue weighted by Gasteiger charge is 2.10. The molecule has 1 aromatic heterocycles. The molecule has 20 heavy (non-hydrogen) atoms. The van der Waals surface area contributed by atoms with E-state index >= 15 is 0 Å². The molecule has 108 valence electrons. The maximum atomic E-state index is 11.7. The highest BCUT2D eigenvalue weighted by Crippen LogP contribution is 2.15. The molecule has 1 aromatic carbocycles. The average molecular weight is 294 g/mol. The second-order valence-corrected chi connectivity index (χ2v) is 6.74. The van der Waals surface area contributed by atoms with Gasteiger partial charge in [0.1, 0.15) is 12.2 Å². The minimum absolute atomic E-state index is 0.117. The number of sulfone groups is 1. The van der Waals surface area contributed by atoms with Gasteiger partial charge >= 0.3 is 0 Å². The van der Waals surface area contributed by atoms with Crippen molar-refractivity contribution in [3.8, 4) is 0 Å². The molecule has 1 heterocycles. The van der Waals surface area contributed by atoms with E-state index in [2.05, 4.69) is 15.5 Å². The van der Waals surface area contributed by atoms with Gasteiger partial charge in [0.25, 0.3) is 0 Å². The first-order valence-electron chi connectivity index (χ1n) is 6.42. The van der Waals surface area contributed by atoms with Gasteiger partial charge in [-0.3, -0.25) is 0 Å². The lowest BCUT2D eigenvalue weighted by Gasteiger charge is -2.07. The van der Waals surface area contributed by atoms with E-state index in [0.717, 1.165) is 17.9 Å². The first-order chi connectivity index (χ1) is 9.53. The zero-order chi connectivity index (χ0) is 14.6. The number of nitrogens with zero attached hydrogens (tertiary/aromatic N) is 3. The standard InChI is InChI=1S/C13H18N4O2S/c1-3-20(18,19)12-6-4-11(5-7-12)14-9-8-13-16-15-10-17(13)2/h4-7,10,14H,3,8-9H2,1-2H3.